The van der Waals surface area contributed by atoms with E-state index in [2.05, 4.69) is 30.6 Å². The predicted octanol–water partition coefficient (Wildman–Crippen LogP) is 3.51. The van der Waals surface area contributed by atoms with Gasteiger partial charge in [-0.25, -0.2) is 18.9 Å². The van der Waals surface area contributed by atoms with Gasteiger partial charge < -0.3 is 0 Å². The lowest BCUT2D eigenvalue weighted by Crippen LogP contribution is -2.35. The largest absolute Gasteiger partial charge is 0.247 e. The number of para-hydroxylation sites is 2. The van der Waals surface area contributed by atoms with Gasteiger partial charge in [0.1, 0.15) is 4.60 Å². The third kappa shape index (κ3) is 3.42. The fourth-order valence-corrected chi connectivity index (χ4v) is 3.07. The molecule has 0 saturated carbocycles. The molecule has 0 radical (unpaired) electrons. The molecule has 0 aliphatic carbocycles. The van der Waals surface area contributed by atoms with Crippen molar-refractivity contribution < 1.29 is 4.21 Å². The predicted molar refractivity (Wildman–Crippen MR) is 86.7 cm³/mol. The molecule has 4 nitrogen and oxygen atoms in total. The van der Waals surface area contributed by atoms with E-state index in [4.69, 9.17) is 0 Å². The first-order valence-electron chi connectivity index (χ1n) is 6.39. The molecule has 1 aromatic heterocycles. The van der Waals surface area contributed by atoms with Crippen LogP contribution in [0.15, 0.2) is 28.9 Å². The lowest BCUT2D eigenvalue weighted by molar-refractivity contribution is 0.610. The van der Waals surface area contributed by atoms with Gasteiger partial charge in [0.05, 0.1) is 38.5 Å². The molecule has 0 spiro atoms. The SMILES string of the molecule is CC(NS(=O)C(C)(C)C)c1nc2ccccc2nc1Br. The van der Waals surface area contributed by atoms with Crippen LogP contribution in [0.5, 0.6) is 0 Å². The molecule has 108 valence electrons. The van der Waals surface area contributed by atoms with Crippen LogP contribution in [0.4, 0.5) is 0 Å². The molecule has 0 bridgehead atoms. The van der Waals surface area contributed by atoms with Gasteiger partial charge in [0, 0.05) is 0 Å². The lowest BCUT2D eigenvalue weighted by atomic mass is 10.2. The van der Waals surface area contributed by atoms with Crippen molar-refractivity contribution in [1.82, 2.24) is 14.7 Å². The minimum Gasteiger partial charge on any atom is -0.247 e. The number of nitrogens with one attached hydrogen (secondary N) is 1. The zero-order chi connectivity index (χ0) is 14.9. The summed E-state index contributed by atoms with van der Waals surface area (Å²) >= 11 is 3.45. The summed E-state index contributed by atoms with van der Waals surface area (Å²) in [6, 6.07) is 7.55. The zero-order valence-electron chi connectivity index (χ0n) is 12.0. The van der Waals surface area contributed by atoms with E-state index >= 15 is 0 Å². The summed E-state index contributed by atoms with van der Waals surface area (Å²) in [5.74, 6) is 0. The molecule has 2 atom stereocenters. The quantitative estimate of drug-likeness (QED) is 0.916. The maximum Gasteiger partial charge on any atom is 0.129 e. The van der Waals surface area contributed by atoms with Crippen LogP contribution in [-0.4, -0.2) is 18.9 Å². The molecule has 20 heavy (non-hydrogen) atoms. The summed E-state index contributed by atoms with van der Waals surface area (Å²) in [5, 5.41) is 0. The van der Waals surface area contributed by atoms with E-state index in [1.807, 2.05) is 52.0 Å². The standard InChI is InChI=1S/C14H18BrN3OS/c1-9(18-20(19)14(2,3)4)12-13(15)17-11-8-6-5-7-10(11)16-12/h5-9,18H,1-4H3. The van der Waals surface area contributed by atoms with E-state index in [0.717, 1.165) is 16.7 Å². The highest BCUT2D eigenvalue weighted by Crippen LogP contribution is 2.24. The van der Waals surface area contributed by atoms with E-state index < -0.39 is 11.0 Å². The van der Waals surface area contributed by atoms with Gasteiger partial charge in [-0.1, -0.05) is 12.1 Å². The Morgan fingerprint density at radius 1 is 1.20 bits per heavy atom. The van der Waals surface area contributed by atoms with Crippen LogP contribution in [0.3, 0.4) is 0 Å². The highest BCUT2D eigenvalue weighted by Gasteiger charge is 2.23. The van der Waals surface area contributed by atoms with Gasteiger partial charge in [0.25, 0.3) is 0 Å². The van der Waals surface area contributed by atoms with Crippen molar-refractivity contribution in [3.8, 4) is 0 Å². The van der Waals surface area contributed by atoms with Gasteiger partial charge >= 0.3 is 0 Å². The van der Waals surface area contributed by atoms with Gasteiger partial charge in [-0.05, 0) is 55.8 Å². The first-order chi connectivity index (χ1) is 9.29. The lowest BCUT2D eigenvalue weighted by Gasteiger charge is -2.22. The van der Waals surface area contributed by atoms with Crippen LogP contribution in [0.2, 0.25) is 0 Å². The van der Waals surface area contributed by atoms with Crippen molar-refractivity contribution in [1.29, 1.82) is 0 Å². The summed E-state index contributed by atoms with van der Waals surface area (Å²) in [7, 11) is -1.15. The summed E-state index contributed by atoms with van der Waals surface area (Å²) in [4.78, 5) is 9.08. The van der Waals surface area contributed by atoms with E-state index in [-0.39, 0.29) is 10.8 Å². The van der Waals surface area contributed by atoms with Crippen molar-refractivity contribution in [2.24, 2.45) is 0 Å². The van der Waals surface area contributed by atoms with Gasteiger partial charge in [-0.3, -0.25) is 0 Å². The maximum absolute atomic E-state index is 12.2. The average molecular weight is 356 g/mol. The van der Waals surface area contributed by atoms with Gasteiger partial charge in [0.2, 0.25) is 0 Å². The molecule has 0 amide bonds. The van der Waals surface area contributed by atoms with Crippen molar-refractivity contribution in [3.63, 3.8) is 0 Å². The molecule has 2 aromatic rings. The second kappa shape index (κ2) is 5.87. The Kier molecular flexibility index (Phi) is 4.56. The summed E-state index contributed by atoms with van der Waals surface area (Å²) in [6.45, 7) is 7.74. The monoisotopic (exact) mass is 355 g/mol. The van der Waals surface area contributed by atoms with Crippen LogP contribution in [-0.2, 0) is 11.0 Å². The topological polar surface area (TPSA) is 54.9 Å². The number of benzene rings is 1. The highest BCUT2D eigenvalue weighted by atomic mass is 79.9. The summed E-state index contributed by atoms with van der Waals surface area (Å²) < 4.78 is 15.6. The minimum absolute atomic E-state index is 0.151. The van der Waals surface area contributed by atoms with E-state index in [0.29, 0.717) is 4.60 Å². The normalized spacial score (nSPS) is 15.2. The molecular formula is C14H18BrN3OS. The van der Waals surface area contributed by atoms with Crippen LogP contribution in [0, 0.1) is 0 Å². The molecule has 6 heteroatoms. The fourth-order valence-electron chi connectivity index (χ4n) is 1.66. The van der Waals surface area contributed by atoms with Crippen molar-refractivity contribution in [3.05, 3.63) is 34.6 Å². The van der Waals surface area contributed by atoms with E-state index in [1.54, 1.807) is 0 Å². The molecule has 1 aromatic carbocycles. The second-order valence-corrected chi connectivity index (χ2v) is 8.36. The third-order valence-corrected chi connectivity index (χ3v) is 5.07. The second-order valence-electron chi connectivity index (χ2n) is 5.61. The molecular weight excluding hydrogens is 338 g/mol. The number of halogens is 1. The highest BCUT2D eigenvalue weighted by molar-refractivity contribution is 9.10. The van der Waals surface area contributed by atoms with Crippen LogP contribution in [0.1, 0.15) is 39.4 Å². The smallest absolute Gasteiger partial charge is 0.129 e. The average Bonchev–Trinajstić information content (AvgIpc) is 2.36. The zero-order valence-corrected chi connectivity index (χ0v) is 14.4. The molecule has 2 rings (SSSR count). The Bertz CT molecular complexity index is 654. The molecule has 0 aliphatic rings. The Balaban J connectivity index is 2.32. The first kappa shape index (κ1) is 15.5. The van der Waals surface area contributed by atoms with Gasteiger partial charge in [0.15, 0.2) is 0 Å². The molecule has 1 heterocycles. The molecule has 1 N–H and O–H groups in total. The summed E-state index contributed by atoms with van der Waals surface area (Å²) in [5.41, 5.74) is 2.44. The molecule has 0 fully saturated rings. The van der Waals surface area contributed by atoms with Gasteiger partial charge in [-0.2, -0.15) is 0 Å². The Labute approximate surface area is 130 Å². The summed E-state index contributed by atoms with van der Waals surface area (Å²) in [6.07, 6.45) is 0. The number of rotatable bonds is 3. The van der Waals surface area contributed by atoms with Crippen molar-refractivity contribution >= 4 is 37.9 Å². The molecule has 0 saturated heterocycles. The van der Waals surface area contributed by atoms with E-state index in [1.165, 1.54) is 0 Å². The van der Waals surface area contributed by atoms with E-state index in [9.17, 15) is 4.21 Å². The Hall–Kier alpha value is -0.850. The van der Waals surface area contributed by atoms with Gasteiger partial charge in [-0.15, -0.1) is 0 Å². The van der Waals surface area contributed by atoms with Crippen molar-refractivity contribution in [2.45, 2.75) is 38.5 Å². The Morgan fingerprint density at radius 2 is 1.75 bits per heavy atom. The number of aromatic nitrogens is 2. The van der Waals surface area contributed by atoms with Crippen LogP contribution < -0.4 is 4.72 Å². The maximum atomic E-state index is 12.2. The van der Waals surface area contributed by atoms with Crippen LogP contribution >= 0.6 is 15.9 Å². The fraction of sp³-hybridized carbons (Fsp3) is 0.429. The number of hydrogen-bond donors (Lipinski definition) is 1. The van der Waals surface area contributed by atoms with Crippen molar-refractivity contribution in [2.75, 3.05) is 0 Å². The molecule has 2 unspecified atom stereocenters. The first-order valence-corrected chi connectivity index (χ1v) is 8.33. The number of nitrogens with zero attached hydrogens (tertiary/aromatic N) is 2. The number of fused-ring (bicyclic) bond motifs is 1. The Morgan fingerprint density at radius 3 is 2.30 bits per heavy atom. The molecule has 0 aliphatic heterocycles. The third-order valence-electron chi connectivity index (χ3n) is 2.80. The number of hydrogen-bond acceptors (Lipinski definition) is 3. The minimum atomic E-state index is -1.15. The van der Waals surface area contributed by atoms with Crippen LogP contribution in [0.25, 0.3) is 11.0 Å².